The minimum Gasteiger partial charge on any atom is -0.399 e. The predicted molar refractivity (Wildman–Crippen MR) is 60.1 cm³/mol. The first kappa shape index (κ1) is 9.59. The summed E-state index contributed by atoms with van der Waals surface area (Å²) < 4.78 is 7.31. The van der Waals surface area contributed by atoms with Gasteiger partial charge >= 0.3 is 0 Å². The van der Waals surface area contributed by atoms with E-state index in [9.17, 15) is 0 Å². The molecule has 1 aliphatic rings. The van der Waals surface area contributed by atoms with Crippen molar-refractivity contribution in [3.05, 3.63) is 24.2 Å². The number of fused-ring (bicyclic) bond motifs is 1. The highest BCUT2D eigenvalue weighted by molar-refractivity contribution is 5.50. The van der Waals surface area contributed by atoms with Crippen LogP contribution >= 0.6 is 0 Å². The zero-order chi connectivity index (χ0) is 11.0. The van der Waals surface area contributed by atoms with E-state index in [0.717, 1.165) is 37.3 Å². The van der Waals surface area contributed by atoms with E-state index < -0.39 is 0 Å². The lowest BCUT2D eigenvalue weighted by Gasteiger charge is -2.04. The molecule has 0 bridgehead atoms. The standard InChI is InChI=1S/C11H14N4O/c12-8-3-4-15-11(6-8)13-10(14-15)7-9-2-1-5-16-9/h3-4,6,9H,1-2,5,7,12H2. The van der Waals surface area contributed by atoms with E-state index in [-0.39, 0.29) is 6.10 Å². The van der Waals surface area contributed by atoms with Gasteiger partial charge in [-0.05, 0) is 18.9 Å². The van der Waals surface area contributed by atoms with Gasteiger partial charge in [0.2, 0.25) is 0 Å². The summed E-state index contributed by atoms with van der Waals surface area (Å²) in [7, 11) is 0. The Morgan fingerprint density at radius 2 is 2.50 bits per heavy atom. The van der Waals surface area contributed by atoms with Crippen LogP contribution in [0.25, 0.3) is 5.65 Å². The molecule has 5 heteroatoms. The lowest BCUT2D eigenvalue weighted by molar-refractivity contribution is 0.110. The summed E-state index contributed by atoms with van der Waals surface area (Å²) in [6.45, 7) is 0.866. The summed E-state index contributed by atoms with van der Waals surface area (Å²) in [4.78, 5) is 4.43. The average Bonchev–Trinajstić information content (AvgIpc) is 2.86. The molecule has 1 atom stereocenters. The topological polar surface area (TPSA) is 65.4 Å². The zero-order valence-corrected chi connectivity index (χ0v) is 8.97. The predicted octanol–water partition coefficient (Wildman–Crippen LogP) is 1.03. The Kier molecular flexibility index (Phi) is 2.25. The molecular formula is C11H14N4O. The average molecular weight is 218 g/mol. The molecule has 0 spiro atoms. The largest absolute Gasteiger partial charge is 0.399 e. The maximum absolute atomic E-state index is 5.69. The van der Waals surface area contributed by atoms with E-state index in [1.54, 1.807) is 4.52 Å². The Hall–Kier alpha value is -1.62. The first-order valence-corrected chi connectivity index (χ1v) is 5.54. The Morgan fingerprint density at radius 3 is 3.31 bits per heavy atom. The van der Waals surface area contributed by atoms with Crippen LogP contribution in [-0.4, -0.2) is 27.3 Å². The number of hydrogen-bond acceptors (Lipinski definition) is 4. The molecule has 0 aromatic carbocycles. The van der Waals surface area contributed by atoms with E-state index in [2.05, 4.69) is 10.1 Å². The van der Waals surface area contributed by atoms with Gasteiger partial charge in [-0.1, -0.05) is 0 Å². The number of nitrogen functional groups attached to an aromatic ring is 1. The summed E-state index contributed by atoms with van der Waals surface area (Å²) in [6, 6.07) is 3.64. The molecule has 1 aliphatic heterocycles. The van der Waals surface area contributed by atoms with Crippen LogP contribution < -0.4 is 5.73 Å². The van der Waals surface area contributed by atoms with Crippen molar-refractivity contribution < 1.29 is 4.74 Å². The summed E-state index contributed by atoms with van der Waals surface area (Å²) in [6.07, 6.45) is 5.16. The van der Waals surface area contributed by atoms with E-state index in [0.29, 0.717) is 5.69 Å². The van der Waals surface area contributed by atoms with E-state index in [1.165, 1.54) is 0 Å². The smallest absolute Gasteiger partial charge is 0.157 e. The maximum atomic E-state index is 5.69. The van der Waals surface area contributed by atoms with Crippen LogP contribution in [0.5, 0.6) is 0 Å². The van der Waals surface area contributed by atoms with Crippen molar-refractivity contribution in [2.75, 3.05) is 12.3 Å². The lowest BCUT2D eigenvalue weighted by Crippen LogP contribution is -2.10. The van der Waals surface area contributed by atoms with Gasteiger partial charge in [-0.2, -0.15) is 5.10 Å². The molecule has 0 aliphatic carbocycles. The summed E-state index contributed by atoms with van der Waals surface area (Å²) >= 11 is 0. The third-order valence-corrected chi connectivity index (χ3v) is 2.84. The fraction of sp³-hybridized carbons (Fsp3) is 0.455. The Balaban J connectivity index is 1.86. The van der Waals surface area contributed by atoms with Gasteiger partial charge in [-0.25, -0.2) is 9.50 Å². The van der Waals surface area contributed by atoms with Crippen LogP contribution in [0.1, 0.15) is 18.7 Å². The Morgan fingerprint density at radius 1 is 1.56 bits per heavy atom. The molecule has 0 radical (unpaired) electrons. The van der Waals surface area contributed by atoms with Gasteiger partial charge in [0.05, 0.1) is 6.10 Å². The van der Waals surface area contributed by atoms with Crippen molar-refractivity contribution in [1.82, 2.24) is 14.6 Å². The van der Waals surface area contributed by atoms with Crippen LogP contribution in [0, 0.1) is 0 Å². The normalized spacial score (nSPS) is 20.6. The second kappa shape index (κ2) is 3.75. The second-order valence-electron chi connectivity index (χ2n) is 4.13. The fourth-order valence-electron chi connectivity index (χ4n) is 2.04. The Bertz CT molecular complexity index is 502. The van der Waals surface area contributed by atoms with E-state index in [1.807, 2.05) is 18.3 Å². The van der Waals surface area contributed by atoms with Gasteiger partial charge < -0.3 is 10.5 Å². The van der Waals surface area contributed by atoms with Crippen molar-refractivity contribution in [3.63, 3.8) is 0 Å². The van der Waals surface area contributed by atoms with Gasteiger partial charge in [0, 0.05) is 31.0 Å². The number of ether oxygens (including phenoxy) is 1. The molecule has 3 heterocycles. The molecule has 2 aromatic heterocycles. The highest BCUT2D eigenvalue weighted by Crippen LogP contribution is 2.16. The number of nitrogens with two attached hydrogens (primary N) is 1. The highest BCUT2D eigenvalue weighted by atomic mass is 16.5. The summed E-state index contributed by atoms with van der Waals surface area (Å²) in [5, 5.41) is 4.39. The maximum Gasteiger partial charge on any atom is 0.157 e. The second-order valence-corrected chi connectivity index (χ2v) is 4.13. The molecule has 1 fully saturated rings. The third kappa shape index (κ3) is 1.74. The van der Waals surface area contributed by atoms with Crippen LogP contribution in [0.15, 0.2) is 18.3 Å². The molecule has 2 aromatic rings. The van der Waals surface area contributed by atoms with Crippen molar-refractivity contribution in [2.24, 2.45) is 0 Å². The van der Waals surface area contributed by atoms with Crippen LogP contribution in [0.4, 0.5) is 5.69 Å². The molecule has 5 nitrogen and oxygen atoms in total. The van der Waals surface area contributed by atoms with E-state index >= 15 is 0 Å². The number of nitrogens with zero attached hydrogens (tertiary/aromatic N) is 3. The van der Waals surface area contributed by atoms with Crippen molar-refractivity contribution >= 4 is 11.3 Å². The number of rotatable bonds is 2. The molecule has 84 valence electrons. The first-order valence-electron chi connectivity index (χ1n) is 5.54. The molecule has 1 unspecified atom stereocenters. The van der Waals surface area contributed by atoms with Gasteiger partial charge in [0.15, 0.2) is 11.5 Å². The minimum atomic E-state index is 0.287. The summed E-state index contributed by atoms with van der Waals surface area (Å²) in [5.41, 5.74) is 7.20. The highest BCUT2D eigenvalue weighted by Gasteiger charge is 2.18. The number of hydrogen-bond donors (Lipinski definition) is 1. The summed E-state index contributed by atoms with van der Waals surface area (Å²) in [5.74, 6) is 0.831. The Labute approximate surface area is 93.2 Å². The molecule has 3 rings (SSSR count). The van der Waals surface area contributed by atoms with E-state index in [4.69, 9.17) is 10.5 Å². The monoisotopic (exact) mass is 218 g/mol. The molecule has 1 saturated heterocycles. The van der Waals surface area contributed by atoms with Crippen molar-refractivity contribution in [3.8, 4) is 0 Å². The number of anilines is 1. The van der Waals surface area contributed by atoms with Gasteiger partial charge in [0.25, 0.3) is 0 Å². The third-order valence-electron chi connectivity index (χ3n) is 2.84. The molecule has 0 saturated carbocycles. The SMILES string of the molecule is Nc1ccn2nc(CC3CCCO3)nc2c1. The molecule has 0 amide bonds. The van der Waals surface area contributed by atoms with Gasteiger partial charge in [-0.15, -0.1) is 0 Å². The molecule has 16 heavy (non-hydrogen) atoms. The van der Waals surface area contributed by atoms with Crippen molar-refractivity contribution in [2.45, 2.75) is 25.4 Å². The van der Waals surface area contributed by atoms with Crippen LogP contribution in [0.3, 0.4) is 0 Å². The molecular weight excluding hydrogens is 204 g/mol. The number of aromatic nitrogens is 3. The molecule has 2 N–H and O–H groups in total. The fourth-order valence-corrected chi connectivity index (χ4v) is 2.04. The van der Waals surface area contributed by atoms with Gasteiger partial charge in [-0.3, -0.25) is 0 Å². The number of pyridine rings is 1. The lowest BCUT2D eigenvalue weighted by atomic mass is 10.2. The van der Waals surface area contributed by atoms with Crippen LogP contribution in [0.2, 0.25) is 0 Å². The van der Waals surface area contributed by atoms with Crippen LogP contribution in [-0.2, 0) is 11.2 Å². The van der Waals surface area contributed by atoms with Gasteiger partial charge in [0.1, 0.15) is 0 Å². The minimum absolute atomic E-state index is 0.287. The quantitative estimate of drug-likeness (QED) is 0.817. The first-order chi connectivity index (χ1) is 7.81. The zero-order valence-electron chi connectivity index (χ0n) is 8.97. The van der Waals surface area contributed by atoms with Crippen molar-refractivity contribution in [1.29, 1.82) is 0 Å².